The third-order valence-electron chi connectivity index (χ3n) is 2.60. The first-order valence-corrected chi connectivity index (χ1v) is 7.42. The standard InChI is InChI=1S/C13H14N2OS2/c1-3-11-9(2)18-8-12(11)13(16)15-14-7-10-5-4-6-17-10/h4-8H,3H2,1-2H3,(H,15,16)/b14-7+. The molecule has 0 atom stereocenters. The zero-order chi connectivity index (χ0) is 13.0. The van der Waals surface area contributed by atoms with E-state index in [1.165, 1.54) is 4.88 Å². The summed E-state index contributed by atoms with van der Waals surface area (Å²) in [5.41, 5.74) is 4.42. The molecule has 0 radical (unpaired) electrons. The molecule has 3 nitrogen and oxygen atoms in total. The summed E-state index contributed by atoms with van der Waals surface area (Å²) in [7, 11) is 0. The fourth-order valence-electron chi connectivity index (χ4n) is 1.69. The first-order valence-electron chi connectivity index (χ1n) is 5.66. The van der Waals surface area contributed by atoms with Gasteiger partial charge in [-0.3, -0.25) is 4.79 Å². The molecular weight excluding hydrogens is 264 g/mol. The first kappa shape index (κ1) is 13.0. The Morgan fingerprint density at radius 3 is 3.00 bits per heavy atom. The van der Waals surface area contributed by atoms with E-state index in [1.807, 2.05) is 29.8 Å². The molecule has 2 aromatic rings. The van der Waals surface area contributed by atoms with Crippen molar-refractivity contribution < 1.29 is 4.79 Å². The molecule has 0 aliphatic heterocycles. The summed E-state index contributed by atoms with van der Waals surface area (Å²) in [6.45, 7) is 4.09. The van der Waals surface area contributed by atoms with Crippen molar-refractivity contribution in [2.24, 2.45) is 5.10 Å². The van der Waals surface area contributed by atoms with Crippen molar-refractivity contribution in [3.63, 3.8) is 0 Å². The van der Waals surface area contributed by atoms with E-state index < -0.39 is 0 Å². The quantitative estimate of drug-likeness (QED) is 0.675. The molecule has 1 N–H and O–H groups in total. The Morgan fingerprint density at radius 2 is 2.33 bits per heavy atom. The van der Waals surface area contributed by atoms with Gasteiger partial charge in [-0.25, -0.2) is 5.43 Å². The lowest BCUT2D eigenvalue weighted by molar-refractivity contribution is 0.0954. The highest BCUT2D eigenvalue weighted by Crippen LogP contribution is 2.22. The van der Waals surface area contributed by atoms with Crippen molar-refractivity contribution in [1.29, 1.82) is 0 Å². The van der Waals surface area contributed by atoms with E-state index in [1.54, 1.807) is 28.9 Å². The number of nitrogens with zero attached hydrogens (tertiary/aromatic N) is 1. The maximum atomic E-state index is 12.0. The Hall–Kier alpha value is -1.46. The van der Waals surface area contributed by atoms with Gasteiger partial charge in [0, 0.05) is 15.1 Å². The molecule has 2 aromatic heterocycles. The lowest BCUT2D eigenvalue weighted by Crippen LogP contribution is -2.18. The zero-order valence-corrected chi connectivity index (χ0v) is 11.9. The van der Waals surface area contributed by atoms with E-state index in [0.717, 1.165) is 22.4 Å². The van der Waals surface area contributed by atoms with Gasteiger partial charge in [0.2, 0.25) is 0 Å². The van der Waals surface area contributed by atoms with Crippen LogP contribution in [0.3, 0.4) is 0 Å². The lowest BCUT2D eigenvalue weighted by Gasteiger charge is -2.01. The number of hydrazone groups is 1. The lowest BCUT2D eigenvalue weighted by atomic mass is 10.1. The number of rotatable bonds is 4. The van der Waals surface area contributed by atoms with Crippen molar-refractivity contribution in [2.45, 2.75) is 20.3 Å². The van der Waals surface area contributed by atoms with Crippen LogP contribution in [0.2, 0.25) is 0 Å². The molecule has 0 aliphatic carbocycles. The number of hydrogen-bond donors (Lipinski definition) is 1. The van der Waals surface area contributed by atoms with Crippen molar-refractivity contribution in [3.05, 3.63) is 43.8 Å². The molecule has 0 saturated heterocycles. The van der Waals surface area contributed by atoms with Crippen molar-refractivity contribution in [1.82, 2.24) is 5.43 Å². The number of nitrogens with one attached hydrogen (secondary N) is 1. The van der Waals surface area contributed by atoms with Crippen LogP contribution in [0.4, 0.5) is 0 Å². The minimum atomic E-state index is -0.135. The third kappa shape index (κ3) is 2.86. The van der Waals surface area contributed by atoms with Crippen LogP contribution in [-0.2, 0) is 6.42 Å². The summed E-state index contributed by atoms with van der Waals surface area (Å²) < 4.78 is 0. The molecule has 5 heteroatoms. The molecule has 0 bridgehead atoms. The van der Waals surface area contributed by atoms with Crippen LogP contribution >= 0.6 is 22.7 Å². The maximum absolute atomic E-state index is 12.0. The predicted octanol–water partition coefficient (Wildman–Crippen LogP) is 3.44. The number of carbonyl (C=O) groups is 1. The summed E-state index contributed by atoms with van der Waals surface area (Å²) in [5, 5.41) is 7.83. The van der Waals surface area contributed by atoms with Crippen LogP contribution in [0.5, 0.6) is 0 Å². The van der Waals surface area contributed by atoms with Gasteiger partial charge in [-0.2, -0.15) is 5.10 Å². The van der Waals surface area contributed by atoms with Gasteiger partial charge in [0.15, 0.2) is 0 Å². The monoisotopic (exact) mass is 278 g/mol. The van der Waals surface area contributed by atoms with E-state index in [0.29, 0.717) is 0 Å². The first-order chi connectivity index (χ1) is 8.72. The normalized spacial score (nSPS) is 11.0. The number of carbonyl (C=O) groups excluding carboxylic acids is 1. The molecule has 0 fully saturated rings. The molecule has 0 aliphatic rings. The molecule has 0 spiro atoms. The second-order valence-electron chi connectivity index (χ2n) is 3.75. The molecule has 2 rings (SSSR count). The second-order valence-corrected chi connectivity index (χ2v) is 5.82. The predicted molar refractivity (Wildman–Crippen MR) is 77.8 cm³/mol. The molecule has 1 amide bonds. The van der Waals surface area contributed by atoms with Crippen molar-refractivity contribution in [2.75, 3.05) is 0 Å². The molecule has 2 heterocycles. The Bertz CT molecular complexity index is 556. The molecular formula is C13H14N2OS2. The minimum absolute atomic E-state index is 0.135. The van der Waals surface area contributed by atoms with Gasteiger partial charge in [0.25, 0.3) is 5.91 Å². The van der Waals surface area contributed by atoms with Crippen molar-refractivity contribution in [3.8, 4) is 0 Å². The smallest absolute Gasteiger partial charge is 0.267 e. The SMILES string of the molecule is CCc1c(C(=O)N/N=C/c2cccs2)csc1C. The Labute approximate surface area is 114 Å². The Balaban J connectivity index is 2.04. The van der Waals surface area contributed by atoms with E-state index in [9.17, 15) is 4.79 Å². The summed E-state index contributed by atoms with van der Waals surface area (Å²) in [4.78, 5) is 14.2. The van der Waals surface area contributed by atoms with Gasteiger partial charge in [0.1, 0.15) is 0 Å². The molecule has 0 unspecified atom stereocenters. The maximum Gasteiger partial charge on any atom is 0.272 e. The van der Waals surface area contributed by atoms with Gasteiger partial charge >= 0.3 is 0 Å². The average molecular weight is 278 g/mol. The number of amides is 1. The van der Waals surface area contributed by atoms with Crippen molar-refractivity contribution >= 4 is 34.8 Å². The van der Waals surface area contributed by atoms with Crippen LogP contribution in [0.1, 0.15) is 32.6 Å². The van der Waals surface area contributed by atoms with Gasteiger partial charge in [0.05, 0.1) is 11.8 Å². The van der Waals surface area contributed by atoms with Gasteiger partial charge in [-0.05, 0) is 30.4 Å². The minimum Gasteiger partial charge on any atom is -0.267 e. The van der Waals surface area contributed by atoms with Crippen LogP contribution in [0.15, 0.2) is 28.0 Å². The van der Waals surface area contributed by atoms with Gasteiger partial charge in [-0.1, -0.05) is 13.0 Å². The van der Waals surface area contributed by atoms with Gasteiger partial charge < -0.3 is 0 Å². The highest BCUT2D eigenvalue weighted by Gasteiger charge is 2.13. The Morgan fingerprint density at radius 1 is 1.50 bits per heavy atom. The van der Waals surface area contributed by atoms with Crippen LogP contribution in [0, 0.1) is 6.92 Å². The molecule has 0 saturated carbocycles. The van der Waals surface area contributed by atoms with Crippen LogP contribution in [0.25, 0.3) is 0 Å². The fraction of sp³-hybridized carbons (Fsp3) is 0.231. The molecule has 94 valence electrons. The number of thiophene rings is 2. The zero-order valence-electron chi connectivity index (χ0n) is 10.3. The van der Waals surface area contributed by atoms with Gasteiger partial charge in [-0.15, -0.1) is 22.7 Å². The van der Waals surface area contributed by atoms with E-state index in [-0.39, 0.29) is 5.91 Å². The Kier molecular flexibility index (Phi) is 4.28. The highest BCUT2D eigenvalue weighted by molar-refractivity contribution is 7.11. The van der Waals surface area contributed by atoms with E-state index in [4.69, 9.17) is 0 Å². The summed E-state index contributed by atoms with van der Waals surface area (Å²) >= 11 is 3.19. The van der Waals surface area contributed by atoms with Crippen LogP contribution < -0.4 is 5.43 Å². The van der Waals surface area contributed by atoms with E-state index >= 15 is 0 Å². The molecule has 0 aromatic carbocycles. The fourth-order valence-corrected chi connectivity index (χ4v) is 3.21. The number of hydrogen-bond acceptors (Lipinski definition) is 4. The topological polar surface area (TPSA) is 41.5 Å². The van der Waals surface area contributed by atoms with Crippen LogP contribution in [-0.4, -0.2) is 12.1 Å². The van der Waals surface area contributed by atoms with E-state index in [2.05, 4.69) is 17.5 Å². The molecule has 18 heavy (non-hydrogen) atoms. The number of aryl methyl sites for hydroxylation is 1. The highest BCUT2D eigenvalue weighted by atomic mass is 32.1. The third-order valence-corrected chi connectivity index (χ3v) is 4.36. The summed E-state index contributed by atoms with van der Waals surface area (Å²) in [5.74, 6) is -0.135. The second kappa shape index (κ2) is 5.93. The summed E-state index contributed by atoms with van der Waals surface area (Å²) in [6, 6.07) is 3.90. The largest absolute Gasteiger partial charge is 0.272 e. The average Bonchev–Trinajstić information content (AvgIpc) is 2.98. The summed E-state index contributed by atoms with van der Waals surface area (Å²) in [6.07, 6.45) is 2.53.